The Kier molecular flexibility index (Phi) is 7.65. The number of hydrogen-bond acceptors (Lipinski definition) is 2. The molecule has 13 heteroatoms. The molecule has 152 valence electrons. The van der Waals surface area contributed by atoms with Crippen molar-refractivity contribution in [3.05, 3.63) is 29.3 Å². The van der Waals surface area contributed by atoms with Crippen molar-refractivity contribution < 1.29 is 50.3 Å². The summed E-state index contributed by atoms with van der Waals surface area (Å²) in [6, 6.07) is 4.19. The van der Waals surface area contributed by atoms with Gasteiger partial charge in [-0.2, -0.15) is 8.78 Å². The first kappa shape index (κ1) is 25.8. The second kappa shape index (κ2) is 7.70. The van der Waals surface area contributed by atoms with Crippen LogP contribution in [0.2, 0.25) is 0 Å². The van der Waals surface area contributed by atoms with E-state index in [-0.39, 0.29) is 11.3 Å². The van der Waals surface area contributed by atoms with Crippen molar-refractivity contribution in [3.63, 3.8) is 0 Å². The van der Waals surface area contributed by atoms with Crippen molar-refractivity contribution in [1.29, 1.82) is 0 Å². The molecule has 0 aliphatic rings. The third-order valence-corrected chi connectivity index (χ3v) is 4.20. The Morgan fingerprint density at radius 1 is 1.12 bits per heavy atom. The van der Waals surface area contributed by atoms with Gasteiger partial charge < -0.3 is 5.11 Å². The van der Waals surface area contributed by atoms with Gasteiger partial charge in [0.05, 0.1) is 0 Å². The van der Waals surface area contributed by atoms with Gasteiger partial charge in [0.15, 0.2) is 0 Å². The zero-order valence-electron chi connectivity index (χ0n) is 13.7. The van der Waals surface area contributed by atoms with E-state index in [1.807, 2.05) is 0 Å². The van der Waals surface area contributed by atoms with Crippen LogP contribution < -0.4 is 0 Å². The van der Waals surface area contributed by atoms with Gasteiger partial charge in [-0.25, -0.2) is 0 Å². The molecule has 1 aromatic carbocycles. The van der Waals surface area contributed by atoms with Crippen LogP contribution in [0.4, 0.5) is 28.2 Å². The van der Waals surface area contributed by atoms with Crippen molar-refractivity contribution in [2.45, 2.75) is 31.4 Å². The molecule has 0 atom stereocenters. The van der Waals surface area contributed by atoms with Crippen molar-refractivity contribution in [2.75, 3.05) is 6.54 Å². The zero-order valence-corrected chi connectivity index (χ0v) is 17.6. The summed E-state index contributed by atoms with van der Waals surface area (Å²) in [5.41, 5.74) is -0.266. The van der Waals surface area contributed by atoms with E-state index in [1.165, 1.54) is 18.2 Å². The maximum absolute atomic E-state index is 12.8. The van der Waals surface area contributed by atoms with E-state index in [2.05, 4.69) is 4.99 Å². The normalized spacial score (nSPS) is 15.7. The van der Waals surface area contributed by atoms with Crippen LogP contribution >= 0.6 is 28.8 Å². The van der Waals surface area contributed by atoms with Gasteiger partial charge in [0.25, 0.3) is 0 Å². The molecule has 0 aromatic heterocycles. The van der Waals surface area contributed by atoms with Gasteiger partial charge >= 0.3 is 51.1 Å². The van der Waals surface area contributed by atoms with Crippen LogP contribution in [-0.4, -0.2) is 23.1 Å². The molecule has 1 rings (SSSR count). The Hall–Kier alpha value is -0.156. The molecule has 26 heavy (non-hydrogen) atoms. The van der Waals surface area contributed by atoms with Crippen LogP contribution in [-0.2, 0) is 22.4 Å². The standard InChI is InChI=1S/C13H16F7NOS.2ClH.Ti/c1-12(2,3)10-6-4-5-9(11(10)22)7-21-8-13(14,15)23(16,17,18,19)20;;;/h4-7,22H,8H2,1-3H3;2*1H;/q;;;+2/p-2. The van der Waals surface area contributed by atoms with Gasteiger partial charge in [0.2, 0.25) is 0 Å². The Labute approximate surface area is 163 Å². The summed E-state index contributed by atoms with van der Waals surface area (Å²) < 4.78 is 86.3. The average molecular weight is 486 g/mol. The molecule has 0 bridgehead atoms. The number of benzene rings is 1. The fraction of sp³-hybridized carbons (Fsp3) is 0.462. The van der Waals surface area contributed by atoms with Crippen molar-refractivity contribution in [1.82, 2.24) is 0 Å². The SMILES string of the molecule is CC(C)(C)c1cccc(C=NCC(F)(F)S(F)(F)(F)(F)F)c1O.[Cl][Ti][Cl]. The summed E-state index contributed by atoms with van der Waals surface area (Å²) in [4.78, 5) is 2.75. The molecule has 0 spiro atoms. The number of halogens is 9. The Balaban J connectivity index is 0.00000194. The number of phenolic OH excluding ortho intramolecular Hbond substituents is 1. The van der Waals surface area contributed by atoms with Gasteiger partial charge in [0, 0.05) is 11.8 Å². The molecule has 0 radical (unpaired) electrons. The summed E-state index contributed by atoms with van der Waals surface area (Å²) in [5, 5.41) is 3.74. The fourth-order valence-electron chi connectivity index (χ4n) is 1.64. The van der Waals surface area contributed by atoms with Gasteiger partial charge in [-0.05, 0) is 17.0 Å². The van der Waals surface area contributed by atoms with E-state index < -0.39 is 44.5 Å². The van der Waals surface area contributed by atoms with E-state index in [1.54, 1.807) is 20.8 Å². The average Bonchev–Trinajstić information content (AvgIpc) is 2.37. The molecule has 0 aliphatic heterocycles. The topological polar surface area (TPSA) is 32.6 Å². The molecule has 0 saturated heterocycles. The van der Waals surface area contributed by atoms with E-state index in [0.717, 1.165) is 0 Å². The van der Waals surface area contributed by atoms with E-state index in [9.17, 15) is 33.3 Å². The van der Waals surface area contributed by atoms with Crippen LogP contribution in [0, 0.1) is 0 Å². The van der Waals surface area contributed by atoms with E-state index >= 15 is 0 Å². The van der Waals surface area contributed by atoms with Gasteiger partial charge in [-0.1, -0.05) is 52.3 Å². The molecule has 0 aliphatic carbocycles. The minimum absolute atomic E-state index is 0.143. The van der Waals surface area contributed by atoms with Gasteiger partial charge in [-0.3, -0.25) is 4.99 Å². The third kappa shape index (κ3) is 7.11. The van der Waals surface area contributed by atoms with Crippen LogP contribution in [0.3, 0.4) is 0 Å². The Morgan fingerprint density at radius 3 is 1.96 bits per heavy atom. The molecule has 0 heterocycles. The number of phenols is 1. The fourth-order valence-corrected chi connectivity index (χ4v) is 1.96. The summed E-state index contributed by atoms with van der Waals surface area (Å²) in [6.07, 6.45) is 0.516. The molecule has 1 aromatic rings. The Morgan fingerprint density at radius 2 is 1.58 bits per heavy atom. The maximum atomic E-state index is 12.8. The van der Waals surface area contributed by atoms with Crippen molar-refractivity contribution in [3.8, 4) is 5.75 Å². The van der Waals surface area contributed by atoms with Crippen molar-refractivity contribution in [2.24, 2.45) is 4.99 Å². The third-order valence-electron chi connectivity index (χ3n) is 2.95. The van der Waals surface area contributed by atoms with Crippen LogP contribution in [0.25, 0.3) is 0 Å². The van der Waals surface area contributed by atoms with Gasteiger partial charge in [-0.15, -0.1) is 0 Å². The van der Waals surface area contributed by atoms with E-state index in [4.69, 9.17) is 18.6 Å². The molecule has 0 fully saturated rings. The monoisotopic (exact) mass is 485 g/mol. The summed E-state index contributed by atoms with van der Waals surface area (Å²) in [5.74, 6) is -0.362. The van der Waals surface area contributed by atoms with Gasteiger partial charge in [0.1, 0.15) is 12.3 Å². The number of para-hydroxylation sites is 1. The predicted octanol–water partition coefficient (Wildman–Crippen LogP) is 7.38. The first-order chi connectivity index (χ1) is 11.3. The van der Waals surface area contributed by atoms with E-state index in [0.29, 0.717) is 11.8 Å². The zero-order chi connectivity index (χ0) is 21.1. The molecule has 2 nitrogen and oxygen atoms in total. The minimum atomic E-state index is -11.0. The molecule has 0 amide bonds. The summed E-state index contributed by atoms with van der Waals surface area (Å²) in [7, 11) is -1.22. The summed E-state index contributed by atoms with van der Waals surface area (Å²) >= 11 is -0.556. The quantitative estimate of drug-likeness (QED) is 0.269. The number of rotatable bonds is 4. The molecular weight excluding hydrogens is 470 g/mol. The Bertz CT molecular complexity index is 663. The summed E-state index contributed by atoms with van der Waals surface area (Å²) in [6.45, 7) is 2.77. The number of aliphatic imine (C=N–C) groups is 1. The molecule has 0 saturated carbocycles. The van der Waals surface area contributed by atoms with Crippen LogP contribution in [0.15, 0.2) is 23.2 Å². The predicted molar refractivity (Wildman–Crippen MR) is 89.1 cm³/mol. The molecular formula is C13H16Cl2F7NOSTi. The second-order valence-electron chi connectivity index (χ2n) is 6.14. The first-order valence-corrected chi connectivity index (χ1v) is 12.9. The molecule has 1 N–H and O–H groups in total. The van der Waals surface area contributed by atoms with Crippen LogP contribution in [0.1, 0.15) is 31.9 Å². The second-order valence-corrected chi connectivity index (χ2v) is 11.3. The molecule has 0 unspecified atom stereocenters. The van der Waals surface area contributed by atoms with Crippen LogP contribution in [0.5, 0.6) is 5.75 Å². The number of aromatic hydroxyl groups is 1. The number of alkyl halides is 2. The first-order valence-electron chi connectivity index (χ1n) is 6.67. The van der Waals surface area contributed by atoms with Crippen molar-refractivity contribution >= 4 is 35.0 Å². The number of hydrogen-bond donors (Lipinski definition) is 1. The number of nitrogens with zero attached hydrogens (tertiary/aromatic N) is 1.